The molecule has 16 heavy (non-hydrogen) atoms. The largest absolute Gasteiger partial charge is 0.381 e. The molecule has 0 unspecified atom stereocenters. The summed E-state index contributed by atoms with van der Waals surface area (Å²) in [6, 6.07) is 14.5. The molecule has 0 atom stereocenters. The lowest BCUT2D eigenvalue weighted by atomic mass is 10.3. The average Bonchev–Trinajstić information content (AvgIpc) is 2.28. The van der Waals surface area contributed by atoms with Crippen LogP contribution in [0.2, 0.25) is 10.0 Å². The van der Waals surface area contributed by atoms with Gasteiger partial charge in [0.25, 0.3) is 0 Å². The lowest BCUT2D eigenvalue weighted by Crippen LogP contribution is -2.04. The van der Waals surface area contributed by atoms with Crippen LogP contribution in [0.25, 0.3) is 0 Å². The van der Waals surface area contributed by atoms with Crippen LogP contribution in [0.4, 0.5) is 5.69 Å². The Hall–Kier alpha value is -1.38. The van der Waals surface area contributed by atoms with Crippen LogP contribution in [0.15, 0.2) is 48.5 Å². The van der Waals surface area contributed by atoms with E-state index in [0.29, 0.717) is 15.8 Å². The molecular formula is C12H9Cl2NO. The van der Waals surface area contributed by atoms with Crippen molar-refractivity contribution in [1.29, 1.82) is 0 Å². The van der Waals surface area contributed by atoms with Crippen LogP contribution in [0.5, 0.6) is 5.75 Å². The monoisotopic (exact) mass is 253 g/mol. The van der Waals surface area contributed by atoms with E-state index in [9.17, 15) is 0 Å². The second-order valence-electron chi connectivity index (χ2n) is 3.14. The third kappa shape index (κ3) is 2.81. The van der Waals surface area contributed by atoms with Gasteiger partial charge in [-0.2, -0.15) is 0 Å². The third-order valence-corrected chi connectivity index (χ3v) is 2.49. The Kier molecular flexibility index (Phi) is 3.54. The molecule has 2 aromatic carbocycles. The first-order valence-electron chi connectivity index (χ1n) is 4.68. The molecule has 0 saturated heterocycles. The van der Waals surface area contributed by atoms with Gasteiger partial charge in [-0.3, -0.25) is 0 Å². The highest BCUT2D eigenvalue weighted by atomic mass is 35.5. The molecule has 0 spiro atoms. The van der Waals surface area contributed by atoms with E-state index in [-0.39, 0.29) is 0 Å². The van der Waals surface area contributed by atoms with E-state index in [2.05, 4.69) is 5.48 Å². The molecule has 0 bridgehead atoms. The van der Waals surface area contributed by atoms with Gasteiger partial charge in [0, 0.05) is 5.02 Å². The second-order valence-corrected chi connectivity index (χ2v) is 3.99. The summed E-state index contributed by atoms with van der Waals surface area (Å²) in [5.74, 6) is 0.573. The van der Waals surface area contributed by atoms with Gasteiger partial charge in [-0.1, -0.05) is 41.4 Å². The fourth-order valence-electron chi connectivity index (χ4n) is 1.19. The van der Waals surface area contributed by atoms with E-state index in [0.717, 1.165) is 5.69 Å². The van der Waals surface area contributed by atoms with Crippen LogP contribution in [-0.2, 0) is 0 Å². The molecule has 2 rings (SSSR count). The highest BCUT2D eigenvalue weighted by Gasteiger charge is 2.00. The number of hydrogen-bond acceptors (Lipinski definition) is 2. The van der Waals surface area contributed by atoms with Crippen LogP contribution in [-0.4, -0.2) is 0 Å². The quantitative estimate of drug-likeness (QED) is 0.819. The Labute approximate surface area is 104 Å². The number of para-hydroxylation sites is 1. The maximum absolute atomic E-state index is 5.93. The number of halogens is 2. The van der Waals surface area contributed by atoms with Gasteiger partial charge in [-0.25, -0.2) is 5.48 Å². The summed E-state index contributed by atoms with van der Waals surface area (Å²) in [5.41, 5.74) is 3.54. The Morgan fingerprint density at radius 3 is 2.50 bits per heavy atom. The molecule has 0 radical (unpaired) electrons. The van der Waals surface area contributed by atoms with Crippen molar-refractivity contribution >= 4 is 28.9 Å². The summed E-state index contributed by atoms with van der Waals surface area (Å²) in [7, 11) is 0. The maximum Gasteiger partial charge on any atom is 0.173 e. The van der Waals surface area contributed by atoms with E-state index in [1.807, 2.05) is 24.3 Å². The van der Waals surface area contributed by atoms with Crippen molar-refractivity contribution in [2.45, 2.75) is 0 Å². The van der Waals surface area contributed by atoms with Crippen LogP contribution < -0.4 is 10.3 Å². The van der Waals surface area contributed by atoms with Gasteiger partial charge in [-0.05, 0) is 30.3 Å². The zero-order valence-electron chi connectivity index (χ0n) is 8.28. The van der Waals surface area contributed by atoms with Gasteiger partial charge in [0.05, 0.1) is 10.7 Å². The fraction of sp³-hybridized carbons (Fsp3) is 0. The van der Waals surface area contributed by atoms with Gasteiger partial charge < -0.3 is 4.84 Å². The molecular weight excluding hydrogens is 245 g/mol. The highest BCUT2D eigenvalue weighted by molar-refractivity contribution is 6.32. The summed E-state index contributed by atoms with van der Waals surface area (Å²) in [6.07, 6.45) is 0. The van der Waals surface area contributed by atoms with E-state index >= 15 is 0 Å². The van der Waals surface area contributed by atoms with Crippen molar-refractivity contribution in [2.24, 2.45) is 0 Å². The van der Waals surface area contributed by atoms with E-state index in [1.54, 1.807) is 24.3 Å². The molecule has 0 aliphatic rings. The first-order chi connectivity index (χ1) is 7.75. The Morgan fingerprint density at radius 1 is 0.938 bits per heavy atom. The molecule has 4 heteroatoms. The molecule has 0 fully saturated rings. The minimum atomic E-state index is 0.553. The Balaban J connectivity index is 2.05. The normalized spacial score (nSPS) is 9.88. The standard InChI is InChI=1S/C12H9Cl2NO/c13-9-4-3-5-10(8-9)15-16-12-7-2-1-6-11(12)14/h1-8,15H. The summed E-state index contributed by atoms with van der Waals surface area (Å²) >= 11 is 11.8. The van der Waals surface area contributed by atoms with Crippen molar-refractivity contribution in [3.8, 4) is 5.75 Å². The molecule has 1 N–H and O–H groups in total. The molecule has 0 saturated carbocycles. The smallest absolute Gasteiger partial charge is 0.173 e. The molecule has 0 amide bonds. The molecule has 2 aromatic rings. The molecule has 82 valence electrons. The van der Waals surface area contributed by atoms with Crippen molar-refractivity contribution in [1.82, 2.24) is 0 Å². The van der Waals surface area contributed by atoms with E-state index < -0.39 is 0 Å². The second kappa shape index (κ2) is 5.10. The van der Waals surface area contributed by atoms with Gasteiger partial charge in [0.2, 0.25) is 0 Å². The van der Waals surface area contributed by atoms with Crippen molar-refractivity contribution in [3.05, 3.63) is 58.6 Å². The SMILES string of the molecule is Clc1cccc(NOc2ccccc2Cl)c1. The summed E-state index contributed by atoms with van der Waals surface area (Å²) in [5, 5.41) is 1.20. The molecule has 0 heterocycles. The number of nitrogens with one attached hydrogen (secondary N) is 1. The Morgan fingerprint density at radius 2 is 1.75 bits per heavy atom. The van der Waals surface area contributed by atoms with Crippen LogP contribution in [0, 0.1) is 0 Å². The first-order valence-corrected chi connectivity index (χ1v) is 5.44. The summed E-state index contributed by atoms with van der Waals surface area (Å²) in [6.45, 7) is 0. The first kappa shape index (κ1) is 11.1. The minimum Gasteiger partial charge on any atom is -0.381 e. The number of benzene rings is 2. The predicted molar refractivity (Wildman–Crippen MR) is 67.2 cm³/mol. The fourth-order valence-corrected chi connectivity index (χ4v) is 1.56. The van der Waals surface area contributed by atoms with Crippen molar-refractivity contribution in [3.63, 3.8) is 0 Å². The van der Waals surface area contributed by atoms with Crippen LogP contribution >= 0.6 is 23.2 Å². The zero-order valence-corrected chi connectivity index (χ0v) is 9.79. The van der Waals surface area contributed by atoms with E-state index in [4.69, 9.17) is 28.0 Å². The number of anilines is 1. The van der Waals surface area contributed by atoms with Crippen molar-refractivity contribution in [2.75, 3.05) is 5.48 Å². The van der Waals surface area contributed by atoms with Crippen LogP contribution in [0.1, 0.15) is 0 Å². The molecule has 2 nitrogen and oxygen atoms in total. The van der Waals surface area contributed by atoms with Gasteiger partial charge in [0.15, 0.2) is 5.75 Å². The molecule has 0 aromatic heterocycles. The number of hydrogen-bond donors (Lipinski definition) is 1. The summed E-state index contributed by atoms with van der Waals surface area (Å²) in [4.78, 5) is 5.34. The summed E-state index contributed by atoms with van der Waals surface area (Å²) < 4.78 is 0. The average molecular weight is 254 g/mol. The Bertz CT molecular complexity index is 488. The van der Waals surface area contributed by atoms with Gasteiger partial charge >= 0.3 is 0 Å². The molecule has 0 aliphatic heterocycles. The maximum atomic E-state index is 5.93. The third-order valence-electron chi connectivity index (χ3n) is 1.94. The predicted octanol–water partition coefficient (Wildman–Crippen LogP) is 4.40. The van der Waals surface area contributed by atoms with Crippen LogP contribution in [0.3, 0.4) is 0 Å². The zero-order chi connectivity index (χ0) is 11.4. The van der Waals surface area contributed by atoms with E-state index in [1.165, 1.54) is 0 Å². The highest BCUT2D eigenvalue weighted by Crippen LogP contribution is 2.24. The van der Waals surface area contributed by atoms with Gasteiger partial charge in [-0.15, -0.1) is 0 Å². The lowest BCUT2D eigenvalue weighted by molar-refractivity contribution is 0.405. The number of rotatable bonds is 3. The minimum absolute atomic E-state index is 0.553. The van der Waals surface area contributed by atoms with Gasteiger partial charge in [0.1, 0.15) is 0 Å². The topological polar surface area (TPSA) is 21.3 Å². The molecule has 0 aliphatic carbocycles. The lowest BCUT2D eigenvalue weighted by Gasteiger charge is -2.09. The van der Waals surface area contributed by atoms with Crippen molar-refractivity contribution < 1.29 is 4.84 Å².